The summed E-state index contributed by atoms with van der Waals surface area (Å²) in [6.07, 6.45) is 7.58. The van der Waals surface area contributed by atoms with Gasteiger partial charge in [-0.15, -0.1) is 10.2 Å². The number of hydrogen-bond donors (Lipinski definition) is 0. The molecule has 2 aliphatic rings. The van der Waals surface area contributed by atoms with Gasteiger partial charge in [-0.3, -0.25) is 0 Å². The lowest BCUT2D eigenvalue weighted by atomic mass is 9.85. The monoisotopic (exact) mass is 568 g/mol. The van der Waals surface area contributed by atoms with Crippen LogP contribution < -0.4 is 18.6 Å². The molecule has 0 aliphatic carbocycles. The second-order valence-electron chi connectivity index (χ2n) is 9.66. The summed E-state index contributed by atoms with van der Waals surface area (Å²) in [6, 6.07) is 22.4. The van der Waals surface area contributed by atoms with Crippen molar-refractivity contribution in [3.8, 4) is 11.3 Å². The van der Waals surface area contributed by atoms with E-state index < -0.39 is 17.2 Å². The topological polar surface area (TPSA) is 106 Å². The molecule has 0 amide bonds. The fraction of sp³-hybridized carbons (Fsp3) is 0.143. The third kappa shape index (κ3) is 6.14. The standard InChI is InChI=1S/C28H28BF2N4.ClHO4/c1-32(2)19-23(20-33(3)4)28-26-17-15-24(21-11-7-5-8-12-21)34(26)29(30,31)35-25(16-18-27(28)35)22-13-9-6-10-14-22;2-1(3,4)5/h5-20H,1-4H3;(H,2,3,4,5)/q+1;/p-1. The summed E-state index contributed by atoms with van der Waals surface area (Å²) >= 11 is 0. The highest BCUT2D eigenvalue weighted by atomic mass is 35.7. The van der Waals surface area contributed by atoms with Gasteiger partial charge >= 0.3 is 6.97 Å². The van der Waals surface area contributed by atoms with Gasteiger partial charge in [0.2, 0.25) is 0 Å². The molecule has 0 N–H and O–H groups in total. The molecule has 3 aromatic rings. The molecule has 1 aromatic heterocycles. The number of hydrogen-bond acceptors (Lipinski definition) is 5. The van der Waals surface area contributed by atoms with Gasteiger partial charge in [0.05, 0.1) is 11.1 Å². The molecule has 0 atom stereocenters. The molecule has 40 heavy (non-hydrogen) atoms. The SMILES string of the molecule is CN(C)/C=C(/C=[N+](C)C)C1=C2C=CC(c3ccccc3)=[N+]2[B-](F)(F)n2c1ccc2-c1ccccc1.[O-][Cl+3]([O-])([O-])[O-]. The van der Waals surface area contributed by atoms with E-state index in [1.807, 2.05) is 123 Å². The van der Waals surface area contributed by atoms with Gasteiger partial charge in [-0.2, -0.15) is 0 Å². The predicted octanol–water partition coefficient (Wildman–Crippen LogP) is 0.207. The Hall–Kier alpha value is -3.87. The van der Waals surface area contributed by atoms with Crippen LogP contribution in [-0.4, -0.2) is 65.5 Å². The van der Waals surface area contributed by atoms with Crippen LogP contribution in [-0.2, 0) is 0 Å². The first-order valence-corrected chi connectivity index (χ1v) is 13.5. The van der Waals surface area contributed by atoms with E-state index in [0.29, 0.717) is 22.8 Å². The number of nitrogens with zero attached hydrogens (tertiary/aromatic N) is 4. The van der Waals surface area contributed by atoms with E-state index in [1.165, 1.54) is 8.96 Å². The predicted molar refractivity (Wildman–Crippen MR) is 140 cm³/mol. The third-order valence-electron chi connectivity index (χ3n) is 6.19. The summed E-state index contributed by atoms with van der Waals surface area (Å²) < 4.78 is 71.7. The number of benzene rings is 2. The van der Waals surface area contributed by atoms with E-state index >= 15 is 8.63 Å². The first-order chi connectivity index (χ1) is 18.8. The van der Waals surface area contributed by atoms with E-state index in [0.717, 1.165) is 22.3 Å². The molecule has 0 fully saturated rings. The van der Waals surface area contributed by atoms with E-state index in [9.17, 15) is 0 Å². The molecule has 0 unspecified atom stereocenters. The minimum Gasteiger partial charge on any atom is -0.389 e. The average Bonchev–Trinajstić information content (AvgIpc) is 3.50. The van der Waals surface area contributed by atoms with Crippen LogP contribution in [0.3, 0.4) is 0 Å². The van der Waals surface area contributed by atoms with E-state index in [2.05, 4.69) is 0 Å². The molecule has 0 radical (unpaired) electrons. The Morgan fingerprint density at radius 3 is 1.90 bits per heavy atom. The van der Waals surface area contributed by atoms with Crippen LogP contribution >= 0.6 is 0 Å². The molecule has 0 bridgehead atoms. The maximum atomic E-state index is 16.6. The molecule has 3 heterocycles. The smallest absolute Gasteiger partial charge is 0.389 e. The van der Waals surface area contributed by atoms with Crippen molar-refractivity contribution >= 4 is 24.5 Å². The Labute approximate surface area is 233 Å². The largest absolute Gasteiger partial charge is 0.737 e. The highest BCUT2D eigenvalue weighted by Gasteiger charge is 2.55. The lowest BCUT2D eigenvalue weighted by molar-refractivity contribution is -2.00. The fourth-order valence-corrected chi connectivity index (χ4v) is 4.92. The zero-order valence-corrected chi connectivity index (χ0v) is 23.1. The molecular formula is C28H28BClF2N4O4. The van der Waals surface area contributed by atoms with Gasteiger partial charge in [-0.05, 0) is 29.8 Å². The Bertz CT molecular complexity index is 1550. The lowest BCUT2D eigenvalue weighted by Crippen LogP contribution is -2.68. The van der Waals surface area contributed by atoms with Crippen molar-refractivity contribution in [3.05, 3.63) is 114 Å². The normalized spacial score (nSPS) is 15.8. The van der Waals surface area contributed by atoms with E-state index in [4.69, 9.17) is 18.6 Å². The average molecular weight is 569 g/mol. The molecular weight excluding hydrogens is 541 g/mol. The van der Waals surface area contributed by atoms with Crippen molar-refractivity contribution in [1.29, 1.82) is 0 Å². The highest BCUT2D eigenvalue weighted by Crippen LogP contribution is 2.42. The van der Waals surface area contributed by atoms with Crippen LogP contribution in [0.1, 0.15) is 11.3 Å². The molecule has 2 aromatic carbocycles. The Balaban J connectivity index is 0.000000681. The summed E-state index contributed by atoms with van der Waals surface area (Å²) in [4.78, 5) is 1.94. The van der Waals surface area contributed by atoms with Gasteiger partial charge < -0.3 is 22.5 Å². The molecule has 5 rings (SSSR count). The van der Waals surface area contributed by atoms with Crippen molar-refractivity contribution in [3.63, 3.8) is 0 Å². The van der Waals surface area contributed by atoms with Crippen LogP contribution in [0, 0.1) is 10.2 Å². The Kier molecular flexibility index (Phi) is 8.24. The van der Waals surface area contributed by atoms with Crippen molar-refractivity contribution in [1.82, 2.24) is 9.38 Å². The molecule has 0 saturated heterocycles. The number of fused-ring (bicyclic) bond motifs is 2. The number of rotatable bonds is 5. The summed E-state index contributed by atoms with van der Waals surface area (Å²) in [5, 5.41) is 0. The van der Waals surface area contributed by atoms with Gasteiger partial charge in [-0.1, -0.05) is 48.5 Å². The van der Waals surface area contributed by atoms with Crippen LogP contribution in [0.5, 0.6) is 0 Å². The molecule has 0 spiro atoms. The molecule has 208 valence electrons. The molecule has 8 nitrogen and oxygen atoms in total. The summed E-state index contributed by atoms with van der Waals surface area (Å²) in [7, 11) is 2.81. The van der Waals surface area contributed by atoms with Crippen molar-refractivity contribution in [2.24, 2.45) is 0 Å². The number of halogens is 3. The zero-order chi connectivity index (χ0) is 29.2. The minimum atomic E-state index is -4.94. The summed E-state index contributed by atoms with van der Waals surface area (Å²) in [5.74, 6) is 0. The van der Waals surface area contributed by atoms with Crippen LogP contribution in [0.15, 0.2) is 102 Å². The van der Waals surface area contributed by atoms with Gasteiger partial charge in [0.15, 0.2) is 17.6 Å². The summed E-state index contributed by atoms with van der Waals surface area (Å²) in [5.41, 5.74) is 5.13. The van der Waals surface area contributed by atoms with E-state index in [1.54, 1.807) is 12.1 Å². The second-order valence-corrected chi connectivity index (χ2v) is 10.4. The van der Waals surface area contributed by atoms with Gasteiger partial charge in [0, 0.05) is 49.4 Å². The third-order valence-corrected chi connectivity index (χ3v) is 6.19. The number of aromatic nitrogens is 1. The number of allylic oxidation sites excluding steroid dienone is 4. The maximum absolute atomic E-state index is 16.6. The quantitative estimate of drug-likeness (QED) is 0.249. The molecule has 12 heteroatoms. The Morgan fingerprint density at radius 2 is 1.38 bits per heavy atom. The van der Waals surface area contributed by atoms with Gasteiger partial charge in [-0.25, -0.2) is 23.2 Å². The second kappa shape index (κ2) is 11.3. The van der Waals surface area contributed by atoms with Crippen LogP contribution in [0.2, 0.25) is 0 Å². The minimum absolute atomic E-state index is 0.496. The molecule has 0 saturated carbocycles. The van der Waals surface area contributed by atoms with Crippen LogP contribution in [0.4, 0.5) is 8.63 Å². The highest BCUT2D eigenvalue weighted by molar-refractivity contribution is 6.59. The van der Waals surface area contributed by atoms with Crippen molar-refractivity contribution < 1.29 is 46.6 Å². The fourth-order valence-electron chi connectivity index (χ4n) is 4.92. The first kappa shape index (κ1) is 29.1. The lowest BCUT2D eigenvalue weighted by Gasteiger charge is -2.33. The van der Waals surface area contributed by atoms with Gasteiger partial charge in [0.1, 0.15) is 14.1 Å². The first-order valence-electron chi connectivity index (χ1n) is 12.2. The van der Waals surface area contributed by atoms with Crippen LogP contribution in [0.25, 0.3) is 16.8 Å². The van der Waals surface area contributed by atoms with Gasteiger partial charge in [0.25, 0.3) is 0 Å². The van der Waals surface area contributed by atoms with Crippen molar-refractivity contribution in [2.45, 2.75) is 0 Å². The van der Waals surface area contributed by atoms with E-state index in [-0.39, 0.29) is 0 Å². The van der Waals surface area contributed by atoms with Crippen molar-refractivity contribution in [2.75, 3.05) is 28.2 Å². The Morgan fingerprint density at radius 1 is 0.850 bits per heavy atom. The maximum Gasteiger partial charge on any atom is 0.737 e. The zero-order valence-electron chi connectivity index (χ0n) is 22.4. The summed E-state index contributed by atoms with van der Waals surface area (Å²) in [6.45, 7) is -4.17. The molecule has 2 aliphatic heterocycles.